The van der Waals surface area contributed by atoms with Gasteiger partial charge in [-0.15, -0.1) is 11.3 Å². The number of pyridine rings is 1. The molecule has 0 bridgehead atoms. The van der Waals surface area contributed by atoms with E-state index in [1.807, 2.05) is 54.5 Å². The molecule has 0 aliphatic carbocycles. The van der Waals surface area contributed by atoms with Gasteiger partial charge in [0.2, 0.25) is 0 Å². The fraction of sp³-hybridized carbons (Fsp3) is 0.286. The third kappa shape index (κ3) is 2.96. The summed E-state index contributed by atoms with van der Waals surface area (Å²) in [6, 6.07) is 9.68. The predicted molar refractivity (Wildman–Crippen MR) is 73.6 cm³/mol. The number of thiophene rings is 1. The minimum Gasteiger partial charge on any atom is -0.330 e. The lowest BCUT2D eigenvalue weighted by Crippen LogP contribution is -2.36. The first-order chi connectivity index (χ1) is 8.68. The Bertz CT molecular complexity index is 494. The first-order valence-electron chi connectivity index (χ1n) is 5.93. The highest BCUT2D eigenvalue weighted by atomic mass is 32.1. The maximum atomic E-state index is 12.4. The fourth-order valence-electron chi connectivity index (χ4n) is 1.70. The predicted octanol–water partition coefficient (Wildman–Crippen LogP) is 3.19. The molecule has 3 nitrogen and oxygen atoms in total. The van der Waals surface area contributed by atoms with Crippen LogP contribution in [0, 0.1) is 0 Å². The summed E-state index contributed by atoms with van der Waals surface area (Å²) in [6.07, 6.45) is 1.75. The highest BCUT2D eigenvalue weighted by molar-refractivity contribution is 7.12. The standard InChI is InChI=1S/C14H16N2OS/c1-11(2)16(10-12-6-3-4-8-15-12)14(17)13-7-5-9-18-13/h3-9,11H,10H2,1-2H3. The zero-order valence-electron chi connectivity index (χ0n) is 10.5. The second kappa shape index (κ2) is 5.78. The molecular formula is C14H16N2OS. The normalized spacial score (nSPS) is 10.6. The molecule has 2 heterocycles. The zero-order chi connectivity index (χ0) is 13.0. The van der Waals surface area contributed by atoms with Gasteiger partial charge in [-0.25, -0.2) is 0 Å². The average Bonchev–Trinajstić information content (AvgIpc) is 2.90. The maximum Gasteiger partial charge on any atom is 0.264 e. The van der Waals surface area contributed by atoms with Crippen LogP contribution < -0.4 is 0 Å². The number of carbonyl (C=O) groups excluding carboxylic acids is 1. The van der Waals surface area contributed by atoms with Crippen molar-refractivity contribution in [2.45, 2.75) is 26.4 Å². The van der Waals surface area contributed by atoms with Crippen molar-refractivity contribution in [2.75, 3.05) is 0 Å². The van der Waals surface area contributed by atoms with Crippen molar-refractivity contribution < 1.29 is 4.79 Å². The SMILES string of the molecule is CC(C)N(Cc1ccccn1)C(=O)c1cccs1. The van der Waals surface area contributed by atoms with Crippen LogP contribution in [-0.2, 0) is 6.54 Å². The Morgan fingerprint density at radius 2 is 2.17 bits per heavy atom. The molecule has 0 atom stereocenters. The van der Waals surface area contributed by atoms with E-state index in [9.17, 15) is 4.79 Å². The molecule has 0 spiro atoms. The molecule has 0 fully saturated rings. The van der Waals surface area contributed by atoms with Crippen LogP contribution in [0.25, 0.3) is 0 Å². The van der Waals surface area contributed by atoms with E-state index < -0.39 is 0 Å². The molecule has 94 valence electrons. The van der Waals surface area contributed by atoms with Gasteiger partial charge in [-0.1, -0.05) is 12.1 Å². The van der Waals surface area contributed by atoms with Crippen molar-refractivity contribution in [1.82, 2.24) is 9.88 Å². The Labute approximate surface area is 111 Å². The van der Waals surface area contributed by atoms with Gasteiger partial charge in [0.1, 0.15) is 0 Å². The molecular weight excluding hydrogens is 244 g/mol. The number of aromatic nitrogens is 1. The Morgan fingerprint density at radius 3 is 2.72 bits per heavy atom. The first kappa shape index (κ1) is 12.8. The van der Waals surface area contributed by atoms with E-state index >= 15 is 0 Å². The van der Waals surface area contributed by atoms with Crippen molar-refractivity contribution in [1.29, 1.82) is 0 Å². The van der Waals surface area contributed by atoms with Crippen LogP contribution in [0.5, 0.6) is 0 Å². The number of hydrogen-bond donors (Lipinski definition) is 0. The summed E-state index contributed by atoms with van der Waals surface area (Å²) in [4.78, 5) is 19.3. The molecule has 18 heavy (non-hydrogen) atoms. The van der Waals surface area contributed by atoms with Crippen LogP contribution in [0.1, 0.15) is 29.2 Å². The maximum absolute atomic E-state index is 12.4. The zero-order valence-corrected chi connectivity index (χ0v) is 11.4. The fourth-order valence-corrected chi connectivity index (χ4v) is 2.38. The Balaban J connectivity index is 2.17. The lowest BCUT2D eigenvalue weighted by atomic mass is 10.2. The van der Waals surface area contributed by atoms with E-state index in [4.69, 9.17) is 0 Å². The molecule has 2 rings (SSSR count). The Kier molecular flexibility index (Phi) is 4.10. The van der Waals surface area contributed by atoms with Gasteiger partial charge >= 0.3 is 0 Å². The van der Waals surface area contributed by atoms with Crippen LogP contribution in [0.2, 0.25) is 0 Å². The van der Waals surface area contributed by atoms with Crippen LogP contribution in [0.15, 0.2) is 41.9 Å². The molecule has 0 aliphatic rings. The highest BCUT2D eigenvalue weighted by Crippen LogP contribution is 2.16. The van der Waals surface area contributed by atoms with Crippen molar-refractivity contribution >= 4 is 17.2 Å². The number of rotatable bonds is 4. The topological polar surface area (TPSA) is 33.2 Å². The van der Waals surface area contributed by atoms with E-state index in [0.717, 1.165) is 10.6 Å². The molecule has 0 unspecified atom stereocenters. The van der Waals surface area contributed by atoms with Crippen LogP contribution >= 0.6 is 11.3 Å². The van der Waals surface area contributed by atoms with Gasteiger partial charge in [0.15, 0.2) is 0 Å². The van der Waals surface area contributed by atoms with E-state index in [1.165, 1.54) is 11.3 Å². The molecule has 2 aromatic heterocycles. The molecule has 0 saturated carbocycles. The Morgan fingerprint density at radius 1 is 1.33 bits per heavy atom. The quantitative estimate of drug-likeness (QED) is 0.845. The molecule has 0 aromatic carbocycles. The number of carbonyl (C=O) groups is 1. The average molecular weight is 260 g/mol. The second-order valence-corrected chi connectivity index (χ2v) is 5.27. The number of amides is 1. The summed E-state index contributed by atoms with van der Waals surface area (Å²) >= 11 is 1.48. The summed E-state index contributed by atoms with van der Waals surface area (Å²) in [6.45, 7) is 4.60. The summed E-state index contributed by atoms with van der Waals surface area (Å²) < 4.78 is 0. The summed E-state index contributed by atoms with van der Waals surface area (Å²) in [5, 5.41) is 1.92. The van der Waals surface area contributed by atoms with Crippen molar-refractivity contribution in [3.05, 3.63) is 52.5 Å². The van der Waals surface area contributed by atoms with Gasteiger partial charge in [0.05, 0.1) is 17.1 Å². The number of hydrogen-bond acceptors (Lipinski definition) is 3. The lowest BCUT2D eigenvalue weighted by molar-refractivity contribution is 0.0693. The molecule has 4 heteroatoms. The van der Waals surface area contributed by atoms with E-state index in [2.05, 4.69) is 4.98 Å². The van der Waals surface area contributed by atoms with Gasteiger partial charge in [0, 0.05) is 12.2 Å². The summed E-state index contributed by atoms with van der Waals surface area (Å²) in [5.41, 5.74) is 0.913. The van der Waals surface area contributed by atoms with E-state index in [0.29, 0.717) is 6.54 Å². The van der Waals surface area contributed by atoms with Crippen molar-refractivity contribution in [3.8, 4) is 0 Å². The third-order valence-corrected chi connectivity index (χ3v) is 3.53. The first-order valence-corrected chi connectivity index (χ1v) is 6.81. The highest BCUT2D eigenvalue weighted by Gasteiger charge is 2.20. The third-order valence-electron chi connectivity index (χ3n) is 2.67. The summed E-state index contributed by atoms with van der Waals surface area (Å²) in [7, 11) is 0. The lowest BCUT2D eigenvalue weighted by Gasteiger charge is -2.25. The Hall–Kier alpha value is -1.68. The van der Waals surface area contributed by atoms with Crippen LogP contribution in [0.3, 0.4) is 0 Å². The van der Waals surface area contributed by atoms with Crippen LogP contribution in [0.4, 0.5) is 0 Å². The van der Waals surface area contributed by atoms with Crippen molar-refractivity contribution in [2.24, 2.45) is 0 Å². The molecule has 1 amide bonds. The monoisotopic (exact) mass is 260 g/mol. The minimum atomic E-state index is 0.0747. The molecule has 0 radical (unpaired) electrons. The largest absolute Gasteiger partial charge is 0.330 e. The van der Waals surface area contributed by atoms with E-state index in [1.54, 1.807) is 6.20 Å². The minimum absolute atomic E-state index is 0.0747. The molecule has 0 saturated heterocycles. The van der Waals surface area contributed by atoms with Gasteiger partial charge in [-0.2, -0.15) is 0 Å². The van der Waals surface area contributed by atoms with E-state index in [-0.39, 0.29) is 11.9 Å². The summed E-state index contributed by atoms with van der Waals surface area (Å²) in [5.74, 6) is 0.0747. The van der Waals surface area contributed by atoms with Gasteiger partial charge in [0.25, 0.3) is 5.91 Å². The van der Waals surface area contributed by atoms with Gasteiger partial charge in [-0.3, -0.25) is 9.78 Å². The smallest absolute Gasteiger partial charge is 0.264 e. The second-order valence-electron chi connectivity index (χ2n) is 4.33. The van der Waals surface area contributed by atoms with Gasteiger partial charge in [-0.05, 0) is 37.4 Å². The molecule has 0 aliphatic heterocycles. The molecule has 0 N–H and O–H groups in total. The molecule has 2 aromatic rings. The van der Waals surface area contributed by atoms with Crippen molar-refractivity contribution in [3.63, 3.8) is 0 Å². The van der Waals surface area contributed by atoms with Crippen LogP contribution in [-0.4, -0.2) is 21.8 Å². The van der Waals surface area contributed by atoms with Gasteiger partial charge < -0.3 is 4.90 Å². The number of nitrogens with zero attached hydrogens (tertiary/aromatic N) is 2.